The number of rotatable bonds is 11. The summed E-state index contributed by atoms with van der Waals surface area (Å²) in [5.74, 6) is 0.173. The first-order valence-electron chi connectivity index (χ1n) is 11.0. The smallest absolute Gasteiger partial charge is 0.309 e. The van der Waals surface area contributed by atoms with Crippen LogP contribution in [0.5, 0.6) is 0 Å². The summed E-state index contributed by atoms with van der Waals surface area (Å²) in [6.07, 6.45) is 4.29. The van der Waals surface area contributed by atoms with E-state index in [0.29, 0.717) is 30.2 Å². The van der Waals surface area contributed by atoms with E-state index >= 15 is 0 Å². The van der Waals surface area contributed by atoms with E-state index in [0.717, 1.165) is 30.5 Å². The zero-order valence-electron chi connectivity index (χ0n) is 19.1. The van der Waals surface area contributed by atoms with Crippen molar-refractivity contribution >= 4 is 25.0 Å². The van der Waals surface area contributed by atoms with Crippen LogP contribution in [0.4, 0.5) is 5.82 Å². The zero-order chi connectivity index (χ0) is 23.8. The molecule has 1 aromatic carbocycles. The molecule has 0 saturated carbocycles. The number of hydrogen-bond donors (Lipinski definition) is 1. The first kappa shape index (κ1) is 24.6. The third-order valence-electron chi connectivity index (χ3n) is 4.93. The summed E-state index contributed by atoms with van der Waals surface area (Å²) in [6.45, 7) is 6.21. The summed E-state index contributed by atoms with van der Waals surface area (Å²) < 4.78 is 25.0. The van der Waals surface area contributed by atoms with Gasteiger partial charge in [-0.2, -0.15) is 5.26 Å². The van der Waals surface area contributed by atoms with E-state index in [1.807, 2.05) is 6.07 Å². The van der Waals surface area contributed by atoms with Crippen LogP contribution in [0.15, 0.2) is 36.7 Å². The number of nitrogens with one attached hydrogen (secondary N) is 1. The van der Waals surface area contributed by atoms with Gasteiger partial charge in [0, 0.05) is 17.3 Å². The molecule has 0 radical (unpaired) electrons. The monoisotopic (exact) mass is 469 g/mol. The molecule has 3 rings (SSSR count). The lowest BCUT2D eigenvalue weighted by Crippen LogP contribution is -2.15. The molecule has 1 N–H and O–H groups in total. The fourth-order valence-corrected chi connectivity index (χ4v) is 5.08. The highest BCUT2D eigenvalue weighted by Gasteiger charge is 2.24. The van der Waals surface area contributed by atoms with E-state index in [1.165, 1.54) is 6.33 Å². The van der Waals surface area contributed by atoms with Gasteiger partial charge in [0.05, 0.1) is 19.4 Å². The van der Waals surface area contributed by atoms with Crippen molar-refractivity contribution in [3.8, 4) is 6.07 Å². The molecule has 0 saturated heterocycles. The molecule has 0 bridgehead atoms. The number of carbonyl (C=O) groups excluding carboxylic acids is 1. The summed E-state index contributed by atoms with van der Waals surface area (Å²) in [6, 6.07) is 10.6. The molecule has 2 heterocycles. The molecule has 9 nitrogen and oxygen atoms in total. The first-order valence-corrected chi connectivity index (χ1v) is 12.7. The number of unbranched alkanes of at least 4 members (excludes halogenated alkanes) is 1. The minimum atomic E-state index is -3.22. The summed E-state index contributed by atoms with van der Waals surface area (Å²) >= 11 is 0. The van der Waals surface area contributed by atoms with E-state index in [1.54, 1.807) is 48.6 Å². The lowest BCUT2D eigenvalue weighted by Gasteiger charge is -2.17. The van der Waals surface area contributed by atoms with Gasteiger partial charge in [-0.1, -0.05) is 25.5 Å². The van der Waals surface area contributed by atoms with Crippen molar-refractivity contribution in [1.82, 2.24) is 14.4 Å². The van der Waals surface area contributed by atoms with Crippen molar-refractivity contribution in [2.45, 2.75) is 46.2 Å². The topological polar surface area (TPSA) is 119 Å². The molecular weight excluding hydrogens is 441 g/mol. The molecule has 0 spiro atoms. The molecule has 0 aliphatic carbocycles. The Balaban J connectivity index is 1.82. The number of nitrogens with zero attached hydrogens (tertiary/aromatic N) is 4. The van der Waals surface area contributed by atoms with Crippen molar-refractivity contribution < 1.29 is 18.4 Å². The van der Waals surface area contributed by atoms with Crippen LogP contribution in [0.1, 0.15) is 60.9 Å². The Morgan fingerprint density at radius 1 is 1.18 bits per heavy atom. The van der Waals surface area contributed by atoms with Crippen LogP contribution in [-0.4, -0.2) is 33.5 Å². The average molecular weight is 469 g/mol. The molecule has 174 valence electrons. The lowest BCUT2D eigenvalue weighted by molar-refractivity contribution is 0.102. The van der Waals surface area contributed by atoms with Crippen LogP contribution in [-0.2, 0) is 26.2 Å². The third-order valence-corrected chi connectivity index (χ3v) is 6.99. The number of amides is 1. The van der Waals surface area contributed by atoms with Gasteiger partial charge in [0.2, 0.25) is 0 Å². The number of imidazole rings is 1. The van der Waals surface area contributed by atoms with Gasteiger partial charge in [-0.15, -0.1) is 0 Å². The second-order valence-corrected chi connectivity index (χ2v) is 9.44. The van der Waals surface area contributed by atoms with Gasteiger partial charge in [-0.3, -0.25) is 13.8 Å². The summed E-state index contributed by atoms with van der Waals surface area (Å²) in [5, 5.41) is 12.2. The number of aromatic nitrogens is 3. The predicted octanol–water partition coefficient (Wildman–Crippen LogP) is 4.96. The highest BCUT2D eigenvalue weighted by Crippen LogP contribution is 2.51. The SMILES string of the molecule is CCCCc1cc(NC(=O)c2ccc(CP(=O)(OCC)OCC)cc2)n2cnc(C#N)c2n1. The number of aryl methyl sites for hydroxylation is 1. The maximum atomic E-state index is 12.9. The number of anilines is 1. The molecule has 2 aromatic heterocycles. The van der Waals surface area contributed by atoms with Gasteiger partial charge in [-0.05, 0) is 44.4 Å². The maximum absolute atomic E-state index is 12.9. The summed E-state index contributed by atoms with van der Waals surface area (Å²) in [5.41, 5.74) is 2.59. The van der Waals surface area contributed by atoms with E-state index in [-0.39, 0.29) is 17.8 Å². The standard InChI is InChI=1S/C23H28N5O4P/c1-4-7-8-19-13-21(28-16-25-20(14-24)22(28)26-19)27-23(29)18-11-9-17(10-12-18)15-33(30,31-5-2)32-6-3/h9-13,16H,4-8,15H2,1-3H3,(H,27,29). The molecule has 0 fully saturated rings. The Morgan fingerprint density at radius 2 is 1.88 bits per heavy atom. The van der Waals surface area contributed by atoms with Crippen molar-refractivity contribution in [3.05, 3.63) is 59.2 Å². The predicted molar refractivity (Wildman–Crippen MR) is 125 cm³/mol. The van der Waals surface area contributed by atoms with Gasteiger partial charge >= 0.3 is 7.60 Å². The van der Waals surface area contributed by atoms with Crippen LogP contribution in [0.25, 0.3) is 5.65 Å². The number of hydrogen-bond acceptors (Lipinski definition) is 7. The Bertz CT molecular complexity index is 1190. The van der Waals surface area contributed by atoms with Crippen molar-refractivity contribution in [3.63, 3.8) is 0 Å². The molecule has 1 amide bonds. The molecule has 0 atom stereocenters. The highest BCUT2D eigenvalue weighted by molar-refractivity contribution is 7.53. The van der Waals surface area contributed by atoms with Crippen LogP contribution >= 0.6 is 7.60 Å². The van der Waals surface area contributed by atoms with Gasteiger partial charge in [0.15, 0.2) is 11.3 Å². The molecule has 0 aliphatic heterocycles. The van der Waals surface area contributed by atoms with Gasteiger partial charge in [0.1, 0.15) is 18.2 Å². The molecule has 33 heavy (non-hydrogen) atoms. The van der Waals surface area contributed by atoms with Crippen LogP contribution in [0, 0.1) is 11.3 Å². The first-order chi connectivity index (χ1) is 15.9. The molecule has 0 unspecified atom stereocenters. The minimum absolute atomic E-state index is 0.133. The van der Waals surface area contributed by atoms with Gasteiger partial charge < -0.3 is 14.4 Å². The zero-order valence-corrected chi connectivity index (χ0v) is 20.0. The number of benzene rings is 1. The van der Waals surface area contributed by atoms with Crippen molar-refractivity contribution in [1.29, 1.82) is 5.26 Å². The lowest BCUT2D eigenvalue weighted by atomic mass is 10.1. The fraction of sp³-hybridized carbons (Fsp3) is 0.391. The normalized spacial score (nSPS) is 11.5. The summed E-state index contributed by atoms with van der Waals surface area (Å²) in [7, 11) is -3.22. The van der Waals surface area contributed by atoms with Crippen LogP contribution < -0.4 is 5.32 Å². The quantitative estimate of drug-likeness (QED) is 0.394. The second kappa shape index (κ2) is 11.2. The van der Waals surface area contributed by atoms with E-state index < -0.39 is 7.60 Å². The average Bonchev–Trinajstić information content (AvgIpc) is 3.21. The molecular formula is C23H28N5O4P. The Labute approximate surface area is 193 Å². The second-order valence-electron chi connectivity index (χ2n) is 7.39. The van der Waals surface area contributed by atoms with Gasteiger partial charge in [-0.25, -0.2) is 9.97 Å². The van der Waals surface area contributed by atoms with E-state index in [2.05, 4.69) is 22.2 Å². The van der Waals surface area contributed by atoms with Gasteiger partial charge in [0.25, 0.3) is 5.91 Å². The van der Waals surface area contributed by atoms with E-state index in [4.69, 9.17) is 9.05 Å². The number of nitriles is 1. The molecule has 3 aromatic rings. The maximum Gasteiger partial charge on any atom is 0.335 e. The molecule has 10 heteroatoms. The number of carbonyl (C=O) groups is 1. The van der Waals surface area contributed by atoms with Crippen LogP contribution in [0.3, 0.4) is 0 Å². The van der Waals surface area contributed by atoms with E-state index in [9.17, 15) is 14.6 Å². The third kappa shape index (κ3) is 6.05. The van der Waals surface area contributed by atoms with Crippen LogP contribution in [0.2, 0.25) is 0 Å². The Hall–Kier alpha value is -3.05. The Kier molecular flexibility index (Phi) is 8.34. The molecule has 0 aliphatic rings. The number of fused-ring (bicyclic) bond motifs is 1. The minimum Gasteiger partial charge on any atom is -0.309 e. The Morgan fingerprint density at radius 3 is 2.48 bits per heavy atom. The highest BCUT2D eigenvalue weighted by atomic mass is 31.2. The van der Waals surface area contributed by atoms with Crippen molar-refractivity contribution in [2.75, 3.05) is 18.5 Å². The van der Waals surface area contributed by atoms with Crippen molar-refractivity contribution in [2.24, 2.45) is 0 Å². The fourth-order valence-electron chi connectivity index (χ4n) is 3.38. The summed E-state index contributed by atoms with van der Waals surface area (Å²) in [4.78, 5) is 21.6. The largest absolute Gasteiger partial charge is 0.335 e.